The Morgan fingerprint density at radius 1 is 1.19 bits per heavy atom. The van der Waals surface area contributed by atoms with Crippen LogP contribution in [0.2, 0.25) is 0 Å². The maximum Gasteiger partial charge on any atom is 0.335 e. The first-order valence-electron chi connectivity index (χ1n) is 5.65. The number of carboxylic acid groups (broad SMARTS) is 1. The van der Waals surface area contributed by atoms with Gasteiger partial charge in [0.2, 0.25) is 0 Å². The fraction of sp³-hybridized carbons (Fsp3) is 0.0833. The van der Waals surface area contributed by atoms with Crippen LogP contribution in [0, 0.1) is 6.92 Å². The molecule has 2 N–H and O–H groups in total. The van der Waals surface area contributed by atoms with E-state index in [9.17, 15) is 22.8 Å². The molecule has 0 unspecified atom stereocenters. The van der Waals surface area contributed by atoms with Gasteiger partial charge in [0.15, 0.2) is 0 Å². The molecular formula is C12H10N2O6S. The van der Waals surface area contributed by atoms with Crippen molar-refractivity contribution in [2.75, 3.05) is 0 Å². The molecule has 0 aliphatic rings. The highest BCUT2D eigenvalue weighted by molar-refractivity contribution is 7.89. The van der Waals surface area contributed by atoms with E-state index in [1.807, 2.05) is 5.10 Å². The van der Waals surface area contributed by atoms with Gasteiger partial charge < -0.3 is 5.11 Å². The van der Waals surface area contributed by atoms with Gasteiger partial charge in [-0.15, -0.1) is 4.09 Å². The van der Waals surface area contributed by atoms with Crippen LogP contribution in [0.4, 0.5) is 0 Å². The Labute approximate surface area is 118 Å². The standard InChI is InChI=1S/C12H10N2O6S/c1-7-2-3-8(12(17)18)6-9(7)21(19,20)14-11(16)5-4-10(15)13-14/h2-6H,1H3,(H,13,15)(H,17,18). The van der Waals surface area contributed by atoms with Gasteiger partial charge in [-0.2, -0.15) is 8.42 Å². The topological polar surface area (TPSA) is 126 Å². The molecule has 0 fully saturated rings. The number of aromatic carboxylic acids is 1. The summed E-state index contributed by atoms with van der Waals surface area (Å²) in [7, 11) is -4.39. The summed E-state index contributed by atoms with van der Waals surface area (Å²) in [6.07, 6.45) is 0. The molecule has 110 valence electrons. The van der Waals surface area contributed by atoms with Crippen LogP contribution < -0.4 is 11.1 Å². The summed E-state index contributed by atoms with van der Waals surface area (Å²) in [6, 6.07) is 5.20. The fourth-order valence-electron chi connectivity index (χ4n) is 1.70. The number of aryl methyl sites for hydroxylation is 1. The molecule has 0 aliphatic heterocycles. The van der Waals surface area contributed by atoms with Crippen molar-refractivity contribution in [1.82, 2.24) is 9.19 Å². The molecule has 1 heterocycles. The quantitative estimate of drug-likeness (QED) is 0.807. The minimum atomic E-state index is -4.39. The van der Waals surface area contributed by atoms with Crippen LogP contribution in [-0.2, 0) is 10.0 Å². The van der Waals surface area contributed by atoms with E-state index in [1.165, 1.54) is 19.1 Å². The van der Waals surface area contributed by atoms with Gasteiger partial charge in [-0.1, -0.05) is 6.07 Å². The largest absolute Gasteiger partial charge is 0.478 e. The molecule has 1 aromatic heterocycles. The highest BCUT2D eigenvalue weighted by Gasteiger charge is 2.22. The van der Waals surface area contributed by atoms with Crippen molar-refractivity contribution in [3.05, 3.63) is 62.2 Å². The van der Waals surface area contributed by atoms with Gasteiger partial charge in [0.25, 0.3) is 21.1 Å². The third-order valence-electron chi connectivity index (χ3n) is 2.74. The van der Waals surface area contributed by atoms with Crippen molar-refractivity contribution in [3.63, 3.8) is 0 Å². The van der Waals surface area contributed by atoms with Crippen molar-refractivity contribution in [1.29, 1.82) is 0 Å². The fourth-order valence-corrected chi connectivity index (χ4v) is 3.15. The predicted octanol–water partition coefficient (Wildman–Crippen LogP) is -0.220. The van der Waals surface area contributed by atoms with Gasteiger partial charge in [-0.05, 0) is 24.6 Å². The maximum atomic E-state index is 12.4. The van der Waals surface area contributed by atoms with Crippen LogP contribution >= 0.6 is 0 Å². The zero-order valence-corrected chi connectivity index (χ0v) is 11.5. The van der Waals surface area contributed by atoms with E-state index in [0.717, 1.165) is 18.2 Å². The smallest absolute Gasteiger partial charge is 0.335 e. The Morgan fingerprint density at radius 2 is 1.86 bits per heavy atom. The number of aromatic nitrogens is 2. The molecule has 2 aromatic rings. The molecule has 0 aliphatic carbocycles. The molecule has 0 amide bonds. The molecule has 0 spiro atoms. The predicted molar refractivity (Wildman–Crippen MR) is 72.0 cm³/mol. The van der Waals surface area contributed by atoms with Gasteiger partial charge in [0, 0.05) is 12.1 Å². The summed E-state index contributed by atoms with van der Waals surface area (Å²) in [5, 5.41) is 10.8. The second-order valence-electron chi connectivity index (χ2n) is 4.20. The first-order chi connectivity index (χ1) is 9.73. The number of rotatable bonds is 3. The third-order valence-corrected chi connectivity index (χ3v) is 4.49. The molecule has 8 nitrogen and oxygen atoms in total. The second kappa shape index (κ2) is 5.02. The Hall–Kier alpha value is -2.68. The number of nitrogens with zero attached hydrogens (tertiary/aromatic N) is 1. The first kappa shape index (κ1) is 14.7. The second-order valence-corrected chi connectivity index (χ2v) is 5.96. The Morgan fingerprint density at radius 3 is 2.48 bits per heavy atom. The Bertz CT molecular complexity index is 939. The van der Waals surface area contributed by atoms with E-state index in [1.54, 1.807) is 0 Å². The summed E-state index contributed by atoms with van der Waals surface area (Å²) in [6.45, 7) is 1.45. The maximum absolute atomic E-state index is 12.4. The molecule has 9 heteroatoms. The van der Waals surface area contributed by atoms with E-state index in [-0.39, 0.29) is 20.1 Å². The molecule has 0 atom stereocenters. The number of hydrogen-bond donors (Lipinski definition) is 2. The number of H-pyrrole nitrogens is 1. The van der Waals surface area contributed by atoms with E-state index >= 15 is 0 Å². The summed E-state index contributed by atoms with van der Waals surface area (Å²) in [5.74, 6) is -1.31. The SMILES string of the molecule is Cc1ccc(C(=O)O)cc1S(=O)(=O)n1[nH]c(=O)ccc1=O. The lowest BCUT2D eigenvalue weighted by Gasteiger charge is -2.10. The summed E-state index contributed by atoms with van der Waals surface area (Å²) in [4.78, 5) is 33.4. The summed E-state index contributed by atoms with van der Waals surface area (Å²) in [5.41, 5.74) is -1.72. The Kier molecular flexibility index (Phi) is 3.52. The van der Waals surface area contributed by atoms with Crippen molar-refractivity contribution < 1.29 is 18.3 Å². The monoisotopic (exact) mass is 310 g/mol. The number of aromatic amines is 1. The molecule has 0 saturated carbocycles. The third kappa shape index (κ3) is 2.63. The van der Waals surface area contributed by atoms with E-state index in [4.69, 9.17) is 5.11 Å². The normalized spacial score (nSPS) is 11.3. The number of carboxylic acids is 1. The average Bonchev–Trinajstić information content (AvgIpc) is 2.41. The molecular weight excluding hydrogens is 300 g/mol. The van der Waals surface area contributed by atoms with E-state index in [2.05, 4.69) is 0 Å². The van der Waals surface area contributed by atoms with Gasteiger partial charge >= 0.3 is 5.97 Å². The van der Waals surface area contributed by atoms with Crippen LogP contribution in [0.25, 0.3) is 0 Å². The molecule has 1 aromatic carbocycles. The number of benzene rings is 1. The molecule has 0 bridgehead atoms. The van der Waals surface area contributed by atoms with Crippen molar-refractivity contribution in [2.45, 2.75) is 11.8 Å². The average molecular weight is 310 g/mol. The highest BCUT2D eigenvalue weighted by Crippen LogP contribution is 2.18. The molecule has 0 radical (unpaired) electrons. The van der Waals surface area contributed by atoms with Crippen molar-refractivity contribution in [2.24, 2.45) is 0 Å². The molecule has 21 heavy (non-hydrogen) atoms. The van der Waals surface area contributed by atoms with Crippen LogP contribution in [-0.4, -0.2) is 28.7 Å². The molecule has 2 rings (SSSR count). The van der Waals surface area contributed by atoms with Crippen LogP contribution in [0.1, 0.15) is 15.9 Å². The van der Waals surface area contributed by atoms with Gasteiger partial charge in [0.05, 0.1) is 10.5 Å². The van der Waals surface area contributed by atoms with Crippen LogP contribution in [0.3, 0.4) is 0 Å². The van der Waals surface area contributed by atoms with Gasteiger partial charge in [-0.25, -0.2) is 9.89 Å². The zero-order valence-electron chi connectivity index (χ0n) is 10.7. The Balaban J connectivity index is 2.78. The minimum absolute atomic E-state index is 0.184. The summed E-state index contributed by atoms with van der Waals surface area (Å²) >= 11 is 0. The van der Waals surface area contributed by atoms with Crippen molar-refractivity contribution in [3.8, 4) is 0 Å². The van der Waals surface area contributed by atoms with Crippen LogP contribution in [0.15, 0.2) is 44.8 Å². The lowest BCUT2D eigenvalue weighted by atomic mass is 10.1. The number of nitrogens with one attached hydrogen (secondary N) is 1. The van der Waals surface area contributed by atoms with E-state index in [0.29, 0.717) is 0 Å². The first-order valence-corrected chi connectivity index (χ1v) is 7.09. The number of hydrogen-bond acceptors (Lipinski definition) is 5. The van der Waals surface area contributed by atoms with Crippen LogP contribution in [0.5, 0.6) is 0 Å². The summed E-state index contributed by atoms with van der Waals surface area (Å²) < 4.78 is 25.0. The van der Waals surface area contributed by atoms with Gasteiger partial charge in [-0.3, -0.25) is 9.59 Å². The highest BCUT2D eigenvalue weighted by atomic mass is 32.2. The number of carbonyl (C=O) groups is 1. The van der Waals surface area contributed by atoms with Gasteiger partial charge in [0.1, 0.15) is 0 Å². The van der Waals surface area contributed by atoms with Crippen molar-refractivity contribution >= 4 is 16.0 Å². The lowest BCUT2D eigenvalue weighted by molar-refractivity contribution is 0.0696. The van der Waals surface area contributed by atoms with E-state index < -0.39 is 27.1 Å². The minimum Gasteiger partial charge on any atom is -0.478 e. The zero-order chi connectivity index (χ0) is 15.8. The lowest BCUT2D eigenvalue weighted by Crippen LogP contribution is -2.34. The molecule has 0 saturated heterocycles.